The van der Waals surface area contributed by atoms with Crippen molar-refractivity contribution >= 4 is 17.1 Å². The van der Waals surface area contributed by atoms with E-state index in [0.29, 0.717) is 6.04 Å². The molecule has 0 unspecified atom stereocenters. The number of thiocarbonyl (C=S) groups is 1. The summed E-state index contributed by atoms with van der Waals surface area (Å²) < 4.78 is 13.6. The Morgan fingerprint density at radius 2 is 2.10 bits per heavy atom. The van der Waals surface area contributed by atoms with Gasteiger partial charge in [-0.1, -0.05) is 24.4 Å². The Morgan fingerprint density at radius 3 is 2.70 bits per heavy atom. The van der Waals surface area contributed by atoms with Crippen molar-refractivity contribution in [3.05, 3.63) is 35.6 Å². The molecule has 0 aromatic heterocycles. The SMILES string of the molecule is CN[C@@H]1CC[C@](c2cccc(F)c2)(N(C)C)CCC1=S. The van der Waals surface area contributed by atoms with Gasteiger partial charge in [-0.3, -0.25) is 4.90 Å². The van der Waals surface area contributed by atoms with Crippen LogP contribution < -0.4 is 5.32 Å². The fourth-order valence-corrected chi connectivity index (χ4v) is 3.59. The molecule has 1 aliphatic carbocycles. The molecule has 0 amide bonds. The van der Waals surface area contributed by atoms with E-state index in [9.17, 15) is 4.39 Å². The van der Waals surface area contributed by atoms with Gasteiger partial charge in [0.05, 0.1) is 0 Å². The third-order valence-electron chi connectivity index (χ3n) is 4.59. The van der Waals surface area contributed by atoms with Gasteiger partial charge in [-0.25, -0.2) is 4.39 Å². The lowest BCUT2D eigenvalue weighted by Gasteiger charge is -2.40. The second-order valence-electron chi connectivity index (χ2n) is 5.78. The zero-order chi connectivity index (χ0) is 14.8. The van der Waals surface area contributed by atoms with E-state index in [1.165, 1.54) is 6.07 Å². The van der Waals surface area contributed by atoms with E-state index >= 15 is 0 Å². The van der Waals surface area contributed by atoms with Crippen molar-refractivity contribution in [2.24, 2.45) is 0 Å². The molecule has 2 atom stereocenters. The van der Waals surface area contributed by atoms with Crippen LogP contribution >= 0.6 is 12.2 Å². The van der Waals surface area contributed by atoms with Crippen molar-refractivity contribution in [3.8, 4) is 0 Å². The lowest BCUT2D eigenvalue weighted by Crippen LogP contribution is -2.41. The number of hydrogen-bond donors (Lipinski definition) is 1. The van der Waals surface area contributed by atoms with E-state index in [1.807, 2.05) is 13.1 Å². The first kappa shape index (κ1) is 15.5. The smallest absolute Gasteiger partial charge is 0.123 e. The maximum Gasteiger partial charge on any atom is 0.123 e. The van der Waals surface area contributed by atoms with E-state index in [0.717, 1.165) is 36.1 Å². The van der Waals surface area contributed by atoms with Crippen molar-refractivity contribution < 1.29 is 4.39 Å². The number of nitrogens with zero attached hydrogens (tertiary/aromatic N) is 1. The summed E-state index contributed by atoms with van der Waals surface area (Å²) in [5, 5.41) is 3.30. The molecule has 1 aromatic rings. The Morgan fingerprint density at radius 1 is 1.35 bits per heavy atom. The van der Waals surface area contributed by atoms with Gasteiger partial charge in [0.15, 0.2) is 0 Å². The summed E-state index contributed by atoms with van der Waals surface area (Å²) in [7, 11) is 6.11. The maximum absolute atomic E-state index is 13.6. The Hall–Kier alpha value is -0.840. The molecule has 1 aromatic carbocycles. The first-order valence-electron chi connectivity index (χ1n) is 7.13. The average molecular weight is 294 g/mol. The van der Waals surface area contributed by atoms with Gasteiger partial charge in [-0.2, -0.15) is 0 Å². The molecule has 2 nitrogen and oxygen atoms in total. The fourth-order valence-electron chi connectivity index (χ4n) is 3.25. The normalized spacial score (nSPS) is 27.6. The van der Waals surface area contributed by atoms with Crippen molar-refractivity contribution in [1.29, 1.82) is 0 Å². The molecule has 1 aliphatic rings. The highest BCUT2D eigenvalue weighted by Gasteiger charge is 2.38. The highest BCUT2D eigenvalue weighted by atomic mass is 32.1. The van der Waals surface area contributed by atoms with Crippen LogP contribution in [0.3, 0.4) is 0 Å². The van der Waals surface area contributed by atoms with Crippen LogP contribution in [0.1, 0.15) is 31.2 Å². The number of rotatable bonds is 3. The Bertz CT molecular complexity index is 489. The Kier molecular flexibility index (Phi) is 4.89. The van der Waals surface area contributed by atoms with Gasteiger partial charge in [0.25, 0.3) is 0 Å². The van der Waals surface area contributed by atoms with Crippen LogP contribution in [-0.2, 0) is 5.54 Å². The van der Waals surface area contributed by atoms with Crippen LogP contribution in [-0.4, -0.2) is 36.9 Å². The summed E-state index contributed by atoms with van der Waals surface area (Å²) in [6.45, 7) is 0. The number of halogens is 1. The molecule has 2 rings (SSSR count). The standard InChI is InChI=1S/C16H23FN2S/c1-18-14-7-9-16(19(2)3,10-8-15(14)20)12-5-4-6-13(17)11-12/h4-6,11,14,18H,7-10H2,1-3H3/t14-,16+/m1/s1. The lowest BCUT2D eigenvalue weighted by molar-refractivity contribution is 0.128. The number of benzene rings is 1. The molecule has 0 heterocycles. The van der Waals surface area contributed by atoms with Crippen LogP contribution in [0, 0.1) is 5.82 Å². The van der Waals surface area contributed by atoms with Crippen LogP contribution in [0.25, 0.3) is 0 Å². The quantitative estimate of drug-likeness (QED) is 0.681. The van der Waals surface area contributed by atoms with E-state index in [1.54, 1.807) is 12.1 Å². The molecular weight excluding hydrogens is 271 g/mol. The molecule has 0 saturated heterocycles. The van der Waals surface area contributed by atoms with Crippen LogP contribution in [0.15, 0.2) is 24.3 Å². The molecule has 1 fully saturated rings. The summed E-state index contributed by atoms with van der Waals surface area (Å²) in [6.07, 6.45) is 3.81. The minimum atomic E-state index is -0.166. The van der Waals surface area contributed by atoms with E-state index in [4.69, 9.17) is 12.2 Å². The summed E-state index contributed by atoms with van der Waals surface area (Å²) in [5.74, 6) is -0.166. The van der Waals surface area contributed by atoms with Gasteiger partial charge < -0.3 is 5.32 Å². The predicted molar refractivity (Wildman–Crippen MR) is 85.7 cm³/mol. The fraction of sp³-hybridized carbons (Fsp3) is 0.562. The lowest BCUT2D eigenvalue weighted by atomic mass is 9.81. The highest BCUT2D eigenvalue weighted by molar-refractivity contribution is 7.80. The molecular formula is C16H23FN2S. The van der Waals surface area contributed by atoms with Crippen LogP contribution in [0.5, 0.6) is 0 Å². The van der Waals surface area contributed by atoms with Gasteiger partial charge in [-0.15, -0.1) is 0 Å². The molecule has 0 bridgehead atoms. The van der Waals surface area contributed by atoms with Gasteiger partial charge >= 0.3 is 0 Å². The Balaban J connectivity index is 2.38. The summed E-state index contributed by atoms with van der Waals surface area (Å²) >= 11 is 5.52. The second-order valence-corrected chi connectivity index (χ2v) is 6.31. The second kappa shape index (κ2) is 6.29. The number of nitrogens with one attached hydrogen (secondary N) is 1. The van der Waals surface area contributed by atoms with Gasteiger partial charge in [-0.05, 0) is 64.5 Å². The predicted octanol–water partition coefficient (Wildman–Crippen LogP) is 3.11. The molecule has 1 saturated carbocycles. The highest BCUT2D eigenvalue weighted by Crippen LogP contribution is 2.39. The largest absolute Gasteiger partial charge is 0.313 e. The maximum atomic E-state index is 13.6. The topological polar surface area (TPSA) is 15.3 Å². The third kappa shape index (κ3) is 2.92. The molecule has 1 N–H and O–H groups in total. The first-order valence-corrected chi connectivity index (χ1v) is 7.54. The van der Waals surface area contributed by atoms with Gasteiger partial charge in [0, 0.05) is 16.4 Å². The molecule has 0 radical (unpaired) electrons. The van der Waals surface area contributed by atoms with Crippen molar-refractivity contribution in [1.82, 2.24) is 10.2 Å². The average Bonchev–Trinajstić information content (AvgIpc) is 2.59. The van der Waals surface area contributed by atoms with Crippen molar-refractivity contribution in [2.45, 2.75) is 37.3 Å². The van der Waals surface area contributed by atoms with E-state index in [2.05, 4.69) is 24.3 Å². The van der Waals surface area contributed by atoms with Crippen LogP contribution in [0.2, 0.25) is 0 Å². The first-order chi connectivity index (χ1) is 9.49. The van der Waals surface area contributed by atoms with Crippen LogP contribution in [0.4, 0.5) is 4.39 Å². The summed E-state index contributed by atoms with van der Waals surface area (Å²) in [6, 6.07) is 7.30. The molecule has 110 valence electrons. The summed E-state index contributed by atoms with van der Waals surface area (Å²) in [4.78, 5) is 3.32. The van der Waals surface area contributed by atoms with Crippen molar-refractivity contribution in [3.63, 3.8) is 0 Å². The third-order valence-corrected chi connectivity index (χ3v) is 5.08. The van der Waals surface area contributed by atoms with E-state index < -0.39 is 0 Å². The Labute approximate surface area is 126 Å². The minimum absolute atomic E-state index is 0.127. The molecule has 20 heavy (non-hydrogen) atoms. The van der Waals surface area contributed by atoms with E-state index in [-0.39, 0.29) is 11.4 Å². The summed E-state index contributed by atoms with van der Waals surface area (Å²) in [5.41, 5.74) is 0.930. The van der Waals surface area contributed by atoms with Crippen molar-refractivity contribution in [2.75, 3.05) is 21.1 Å². The zero-order valence-corrected chi connectivity index (χ0v) is 13.3. The minimum Gasteiger partial charge on any atom is -0.313 e. The van der Waals surface area contributed by atoms with Gasteiger partial charge in [0.1, 0.15) is 5.82 Å². The monoisotopic (exact) mass is 294 g/mol. The number of hydrogen-bond acceptors (Lipinski definition) is 3. The molecule has 0 aliphatic heterocycles. The van der Waals surface area contributed by atoms with Gasteiger partial charge in [0.2, 0.25) is 0 Å². The zero-order valence-electron chi connectivity index (χ0n) is 12.4. The molecule has 4 heteroatoms. The molecule has 0 spiro atoms.